The number of fused-ring (bicyclic) bond motifs is 8. The summed E-state index contributed by atoms with van der Waals surface area (Å²) >= 11 is 0. The summed E-state index contributed by atoms with van der Waals surface area (Å²) in [5, 5.41) is 8.25. The van der Waals surface area contributed by atoms with Gasteiger partial charge in [0.15, 0.2) is 0 Å². The molecule has 0 aliphatic heterocycles. The number of para-hydroxylation sites is 4. The van der Waals surface area contributed by atoms with Gasteiger partial charge < -0.3 is 4.57 Å². The highest BCUT2D eigenvalue weighted by Gasteiger charge is 2.19. The van der Waals surface area contributed by atoms with Crippen LogP contribution < -0.4 is 0 Å². The van der Waals surface area contributed by atoms with Crippen molar-refractivity contribution in [1.82, 2.24) is 19.1 Å². The van der Waals surface area contributed by atoms with E-state index in [-0.39, 0.29) is 0 Å². The molecule has 4 heteroatoms. The van der Waals surface area contributed by atoms with Crippen molar-refractivity contribution >= 4 is 65.3 Å². The van der Waals surface area contributed by atoms with Crippen LogP contribution in [0.25, 0.3) is 88.2 Å². The Morgan fingerprint density at radius 1 is 0.370 bits per heavy atom. The Balaban J connectivity index is 1.27. The lowest BCUT2D eigenvalue weighted by atomic mass is 10.0. The molecule has 0 saturated heterocycles. The molecule has 0 aliphatic rings. The molecule has 214 valence electrons. The number of hydrogen-bond donors (Lipinski definition) is 0. The standard InChI is InChI=1S/C42H26N4/c1-2-14-30(15-3-1)45-37-20-10-7-16-31(37)34-25-29(22-23-39(34)45)41-33-18-6-9-19-36(33)43-42(44-41)46-38-21-11-8-17-32(38)35-24-27-12-4-5-13-28(27)26-40(35)46/h1-26H. The van der Waals surface area contributed by atoms with Gasteiger partial charge in [0.2, 0.25) is 5.95 Å². The van der Waals surface area contributed by atoms with Crippen LogP contribution in [0.4, 0.5) is 0 Å². The largest absolute Gasteiger partial charge is 0.309 e. The lowest BCUT2D eigenvalue weighted by Gasteiger charge is -2.12. The van der Waals surface area contributed by atoms with Gasteiger partial charge in [0, 0.05) is 38.2 Å². The molecule has 0 spiro atoms. The number of rotatable bonds is 3. The van der Waals surface area contributed by atoms with Crippen molar-refractivity contribution in [2.75, 3.05) is 0 Å². The van der Waals surface area contributed by atoms with Crippen molar-refractivity contribution in [2.45, 2.75) is 0 Å². The van der Waals surface area contributed by atoms with Crippen LogP contribution in [0.1, 0.15) is 0 Å². The Morgan fingerprint density at radius 2 is 0.957 bits per heavy atom. The van der Waals surface area contributed by atoms with E-state index in [1.807, 2.05) is 0 Å². The molecule has 0 atom stereocenters. The first kappa shape index (κ1) is 25.1. The Hall–Kier alpha value is -6.26. The summed E-state index contributed by atoms with van der Waals surface area (Å²) in [5.41, 5.74) is 8.60. The Bertz CT molecular complexity index is 2810. The number of nitrogens with zero attached hydrogens (tertiary/aromatic N) is 4. The van der Waals surface area contributed by atoms with Gasteiger partial charge in [0.05, 0.1) is 33.3 Å². The third-order valence-corrected chi connectivity index (χ3v) is 9.29. The maximum Gasteiger partial charge on any atom is 0.235 e. The van der Waals surface area contributed by atoms with Gasteiger partial charge in [-0.25, -0.2) is 9.97 Å². The normalized spacial score (nSPS) is 11.9. The van der Waals surface area contributed by atoms with Crippen LogP contribution in [0.5, 0.6) is 0 Å². The first-order valence-corrected chi connectivity index (χ1v) is 15.6. The Morgan fingerprint density at radius 3 is 1.74 bits per heavy atom. The molecule has 4 nitrogen and oxygen atoms in total. The summed E-state index contributed by atoms with van der Waals surface area (Å²) in [7, 11) is 0. The molecule has 7 aromatic carbocycles. The summed E-state index contributed by atoms with van der Waals surface area (Å²) in [6.07, 6.45) is 0. The van der Waals surface area contributed by atoms with Gasteiger partial charge in [-0.05, 0) is 65.4 Å². The van der Waals surface area contributed by atoms with Crippen molar-refractivity contribution in [2.24, 2.45) is 0 Å². The van der Waals surface area contributed by atoms with Crippen molar-refractivity contribution < 1.29 is 0 Å². The van der Waals surface area contributed by atoms with Gasteiger partial charge in [-0.1, -0.05) is 103 Å². The predicted octanol–water partition coefficient (Wildman–Crippen LogP) is 10.6. The Kier molecular flexibility index (Phi) is 5.25. The van der Waals surface area contributed by atoms with E-state index in [1.165, 1.54) is 43.4 Å². The second kappa shape index (κ2) is 9.62. The van der Waals surface area contributed by atoms with E-state index < -0.39 is 0 Å². The molecule has 0 bridgehead atoms. The number of hydrogen-bond acceptors (Lipinski definition) is 2. The summed E-state index contributed by atoms with van der Waals surface area (Å²) in [4.78, 5) is 10.6. The summed E-state index contributed by atoms with van der Waals surface area (Å²) in [6.45, 7) is 0. The van der Waals surface area contributed by atoms with Crippen LogP contribution in [-0.2, 0) is 0 Å². The van der Waals surface area contributed by atoms with Crippen molar-refractivity contribution in [1.29, 1.82) is 0 Å². The molecule has 0 N–H and O–H groups in total. The predicted molar refractivity (Wildman–Crippen MR) is 191 cm³/mol. The zero-order chi connectivity index (χ0) is 30.2. The van der Waals surface area contributed by atoms with Gasteiger partial charge in [0.25, 0.3) is 0 Å². The molecule has 0 radical (unpaired) electrons. The lowest BCUT2D eigenvalue weighted by Crippen LogP contribution is -2.03. The molecule has 46 heavy (non-hydrogen) atoms. The minimum atomic E-state index is 0.669. The quantitative estimate of drug-likeness (QED) is 0.206. The minimum Gasteiger partial charge on any atom is -0.309 e. The maximum atomic E-state index is 5.39. The second-order valence-electron chi connectivity index (χ2n) is 11.9. The van der Waals surface area contributed by atoms with Crippen LogP contribution in [0.15, 0.2) is 158 Å². The zero-order valence-electron chi connectivity index (χ0n) is 24.8. The molecule has 0 amide bonds. The third kappa shape index (κ3) is 3.61. The van der Waals surface area contributed by atoms with Crippen LogP contribution >= 0.6 is 0 Å². The van der Waals surface area contributed by atoms with Crippen molar-refractivity contribution in [3.05, 3.63) is 158 Å². The van der Waals surface area contributed by atoms with E-state index in [4.69, 9.17) is 9.97 Å². The molecule has 10 aromatic rings. The van der Waals surface area contributed by atoms with Crippen molar-refractivity contribution in [3.63, 3.8) is 0 Å². The van der Waals surface area contributed by atoms with Crippen LogP contribution in [0, 0.1) is 0 Å². The van der Waals surface area contributed by atoms with Gasteiger partial charge >= 0.3 is 0 Å². The highest BCUT2D eigenvalue weighted by molar-refractivity contribution is 6.14. The first-order valence-electron chi connectivity index (χ1n) is 15.6. The maximum absolute atomic E-state index is 5.39. The average Bonchev–Trinajstić information content (AvgIpc) is 3.62. The minimum absolute atomic E-state index is 0.669. The van der Waals surface area contributed by atoms with Crippen molar-refractivity contribution in [3.8, 4) is 22.9 Å². The zero-order valence-corrected chi connectivity index (χ0v) is 24.8. The third-order valence-electron chi connectivity index (χ3n) is 9.29. The smallest absolute Gasteiger partial charge is 0.235 e. The van der Waals surface area contributed by atoms with E-state index in [0.29, 0.717) is 5.95 Å². The highest BCUT2D eigenvalue weighted by Crippen LogP contribution is 2.38. The van der Waals surface area contributed by atoms with Crippen LogP contribution in [-0.4, -0.2) is 19.1 Å². The lowest BCUT2D eigenvalue weighted by molar-refractivity contribution is 1.01. The molecule has 0 aliphatic carbocycles. The SMILES string of the molecule is c1ccc(-n2c3ccccc3c3cc(-c4nc(-n5c6ccccc6c6cc7ccccc7cc65)nc5ccccc45)ccc32)cc1. The molecule has 0 saturated carbocycles. The van der Waals surface area contributed by atoms with E-state index >= 15 is 0 Å². The molecule has 3 aromatic heterocycles. The van der Waals surface area contributed by atoms with Gasteiger partial charge in [0.1, 0.15) is 0 Å². The van der Waals surface area contributed by atoms with Crippen LogP contribution in [0.2, 0.25) is 0 Å². The summed E-state index contributed by atoms with van der Waals surface area (Å²) < 4.78 is 4.58. The van der Waals surface area contributed by atoms with Gasteiger partial charge in [-0.3, -0.25) is 4.57 Å². The average molecular weight is 587 g/mol. The van der Waals surface area contributed by atoms with E-state index in [2.05, 4.69) is 167 Å². The van der Waals surface area contributed by atoms with E-state index in [0.717, 1.165) is 38.9 Å². The molecule has 0 unspecified atom stereocenters. The van der Waals surface area contributed by atoms with E-state index in [9.17, 15) is 0 Å². The topological polar surface area (TPSA) is 35.6 Å². The number of aromatic nitrogens is 4. The summed E-state index contributed by atoms with van der Waals surface area (Å²) in [5.74, 6) is 0.669. The highest BCUT2D eigenvalue weighted by atomic mass is 15.2. The second-order valence-corrected chi connectivity index (χ2v) is 11.9. The molecular formula is C42H26N4. The first-order chi connectivity index (χ1) is 22.8. The number of benzene rings is 7. The fourth-order valence-corrected chi connectivity index (χ4v) is 7.23. The van der Waals surface area contributed by atoms with Gasteiger partial charge in [-0.2, -0.15) is 0 Å². The monoisotopic (exact) mass is 586 g/mol. The molecular weight excluding hydrogens is 560 g/mol. The summed E-state index contributed by atoms with van der Waals surface area (Å²) in [6, 6.07) is 56.0. The molecule has 3 heterocycles. The van der Waals surface area contributed by atoms with E-state index in [1.54, 1.807) is 0 Å². The molecule has 10 rings (SSSR count). The van der Waals surface area contributed by atoms with Gasteiger partial charge in [-0.15, -0.1) is 0 Å². The Labute approximate surface area is 264 Å². The fourth-order valence-electron chi connectivity index (χ4n) is 7.23. The molecule has 0 fully saturated rings. The fraction of sp³-hybridized carbons (Fsp3) is 0. The van der Waals surface area contributed by atoms with Crippen LogP contribution in [0.3, 0.4) is 0 Å².